The Kier molecular flexibility index (Phi) is 6.22. The fourth-order valence-electron chi connectivity index (χ4n) is 10.6. The van der Waals surface area contributed by atoms with Gasteiger partial charge in [-0.3, -0.25) is 0 Å². The highest BCUT2D eigenvalue weighted by atomic mass is 16.3. The normalized spacial score (nSPS) is 14.7. The van der Waals surface area contributed by atoms with E-state index in [1.807, 2.05) is 0 Å². The van der Waals surface area contributed by atoms with Crippen LogP contribution in [0, 0.1) is 0 Å². The average Bonchev–Trinajstić information content (AvgIpc) is 3.81. The van der Waals surface area contributed by atoms with Gasteiger partial charge >= 0.3 is 0 Å². The van der Waals surface area contributed by atoms with Crippen LogP contribution in [0.25, 0.3) is 76.9 Å². The summed E-state index contributed by atoms with van der Waals surface area (Å²) in [7, 11) is 0. The lowest BCUT2D eigenvalue weighted by molar-refractivity contribution is 0.660. The lowest BCUT2D eigenvalue weighted by Gasteiger charge is -2.31. The third kappa shape index (κ3) is 4.06. The molecule has 1 heterocycles. The number of benzene rings is 9. The lowest BCUT2D eigenvalue weighted by atomic mass is 9.82. The van der Waals surface area contributed by atoms with Gasteiger partial charge in [0.2, 0.25) is 0 Å². The number of furan rings is 1. The molecule has 266 valence electrons. The maximum absolute atomic E-state index is 6.73. The lowest BCUT2D eigenvalue weighted by Crippen LogP contribution is -2.17. The van der Waals surface area contributed by atoms with Gasteiger partial charge in [-0.2, -0.15) is 0 Å². The number of anilines is 3. The quantitative estimate of drug-likeness (QED) is 0.169. The van der Waals surface area contributed by atoms with Crippen molar-refractivity contribution >= 4 is 60.5 Å². The van der Waals surface area contributed by atoms with Crippen LogP contribution >= 0.6 is 0 Å². The first-order chi connectivity index (χ1) is 27.3. The van der Waals surface area contributed by atoms with Crippen LogP contribution in [0.15, 0.2) is 168 Å². The molecule has 0 saturated heterocycles. The van der Waals surface area contributed by atoms with Crippen molar-refractivity contribution < 1.29 is 4.42 Å². The first-order valence-corrected chi connectivity index (χ1v) is 19.8. The van der Waals surface area contributed by atoms with Gasteiger partial charge in [-0.15, -0.1) is 0 Å². The van der Waals surface area contributed by atoms with Crippen molar-refractivity contribution in [2.45, 2.75) is 38.5 Å². The van der Waals surface area contributed by atoms with E-state index >= 15 is 0 Å². The molecular weight excluding hydrogens is 679 g/mol. The van der Waals surface area contributed by atoms with Crippen molar-refractivity contribution in [3.8, 4) is 33.4 Å². The van der Waals surface area contributed by atoms with Gasteiger partial charge in [-0.25, -0.2) is 0 Å². The summed E-state index contributed by atoms with van der Waals surface area (Å²) >= 11 is 0. The molecule has 9 aromatic carbocycles. The Morgan fingerprint density at radius 3 is 1.86 bits per heavy atom. The van der Waals surface area contributed by atoms with Gasteiger partial charge in [-0.1, -0.05) is 149 Å². The van der Waals surface area contributed by atoms with E-state index in [0.29, 0.717) is 0 Å². The summed E-state index contributed by atoms with van der Waals surface area (Å²) in [5.74, 6) is 0. The molecule has 0 bridgehead atoms. The van der Waals surface area contributed by atoms with Crippen molar-refractivity contribution in [2.75, 3.05) is 4.90 Å². The van der Waals surface area contributed by atoms with E-state index in [2.05, 4.69) is 196 Å². The van der Waals surface area contributed by atoms with E-state index in [4.69, 9.17) is 4.42 Å². The third-order valence-electron chi connectivity index (χ3n) is 13.2. The van der Waals surface area contributed by atoms with Gasteiger partial charge in [0.1, 0.15) is 11.2 Å². The molecule has 2 heteroatoms. The zero-order valence-corrected chi connectivity index (χ0v) is 31.9. The predicted molar refractivity (Wildman–Crippen MR) is 235 cm³/mol. The number of rotatable bonds is 4. The summed E-state index contributed by atoms with van der Waals surface area (Å²) in [5, 5.41) is 7.25. The van der Waals surface area contributed by atoms with E-state index in [0.717, 1.165) is 28.1 Å². The molecule has 12 rings (SSSR count). The summed E-state index contributed by atoms with van der Waals surface area (Å²) in [6.45, 7) is 9.50. The van der Waals surface area contributed by atoms with Crippen molar-refractivity contribution in [2.24, 2.45) is 0 Å². The van der Waals surface area contributed by atoms with Gasteiger partial charge in [-0.05, 0) is 109 Å². The fourth-order valence-corrected chi connectivity index (χ4v) is 10.6. The molecule has 0 atom stereocenters. The molecule has 0 radical (unpaired) electrons. The molecule has 0 fully saturated rings. The van der Waals surface area contributed by atoms with Gasteiger partial charge in [0.25, 0.3) is 0 Å². The molecule has 2 nitrogen and oxygen atoms in total. The van der Waals surface area contributed by atoms with Crippen molar-refractivity contribution in [3.63, 3.8) is 0 Å². The van der Waals surface area contributed by atoms with Gasteiger partial charge in [0.05, 0.1) is 11.4 Å². The first-order valence-electron chi connectivity index (χ1n) is 19.8. The molecule has 2 aliphatic carbocycles. The Bertz CT molecular complexity index is 3250. The molecule has 56 heavy (non-hydrogen) atoms. The Morgan fingerprint density at radius 2 is 1.02 bits per heavy atom. The van der Waals surface area contributed by atoms with Crippen molar-refractivity contribution in [1.82, 2.24) is 0 Å². The molecule has 2 aliphatic rings. The second-order valence-electron chi connectivity index (χ2n) is 16.8. The summed E-state index contributed by atoms with van der Waals surface area (Å²) in [6.07, 6.45) is 0. The van der Waals surface area contributed by atoms with E-state index in [-0.39, 0.29) is 10.8 Å². The van der Waals surface area contributed by atoms with Gasteiger partial charge in [0, 0.05) is 38.2 Å². The molecule has 1 aromatic heterocycles. The minimum atomic E-state index is -0.141. The third-order valence-corrected chi connectivity index (χ3v) is 13.2. The minimum absolute atomic E-state index is 0.133. The van der Waals surface area contributed by atoms with E-state index in [1.54, 1.807) is 0 Å². The van der Waals surface area contributed by atoms with Crippen LogP contribution in [0.1, 0.15) is 49.9 Å². The Morgan fingerprint density at radius 1 is 0.393 bits per heavy atom. The Labute approximate surface area is 326 Å². The van der Waals surface area contributed by atoms with E-state index in [1.165, 1.54) is 88.1 Å². The molecular formula is C54H39NO. The van der Waals surface area contributed by atoms with Crippen LogP contribution in [0.2, 0.25) is 0 Å². The highest BCUT2D eigenvalue weighted by molar-refractivity contribution is 6.35. The molecule has 0 saturated carbocycles. The molecule has 10 aromatic rings. The second kappa shape index (κ2) is 11.0. The maximum Gasteiger partial charge on any atom is 0.136 e. The number of hydrogen-bond acceptors (Lipinski definition) is 2. The SMILES string of the molecule is CC1(C)c2ccccc2-c2ccc(N(c3cccc4c3-c3ccccc3C4(C)C)c3cccc4c5cc(-c6ccccc6)cc6oc7cccc(c34)c7c65)cc21. The second-order valence-corrected chi connectivity index (χ2v) is 16.8. The minimum Gasteiger partial charge on any atom is -0.456 e. The monoisotopic (exact) mass is 717 g/mol. The summed E-state index contributed by atoms with van der Waals surface area (Å²) in [5.41, 5.74) is 18.2. The van der Waals surface area contributed by atoms with Gasteiger partial charge < -0.3 is 9.32 Å². The largest absolute Gasteiger partial charge is 0.456 e. The molecule has 0 N–H and O–H groups in total. The molecule has 0 spiro atoms. The zero-order valence-electron chi connectivity index (χ0n) is 31.9. The number of fused-ring (bicyclic) bond motifs is 9. The van der Waals surface area contributed by atoms with Crippen molar-refractivity contribution in [3.05, 3.63) is 186 Å². The predicted octanol–water partition coefficient (Wildman–Crippen LogP) is 15.1. The maximum atomic E-state index is 6.73. The van der Waals surface area contributed by atoms with Crippen LogP contribution in [0.4, 0.5) is 17.1 Å². The first kappa shape index (κ1) is 31.7. The molecule has 0 aliphatic heterocycles. The summed E-state index contributed by atoms with van der Waals surface area (Å²) in [4.78, 5) is 2.57. The standard InChI is InChI=1S/C54H39NO/c1-53(2)42-22-11-9-18-38(42)50-43(53)23-14-25-46(50)55(34-27-28-36-35-17-8-10-21-41(35)54(3,4)44(36)31-34)45-24-12-19-37-40-29-33(32-15-6-5-7-16-32)30-48-52(40)51-39(49(37)45)20-13-26-47(51)56-48/h5-31H,1-4H3. The van der Waals surface area contributed by atoms with Crippen LogP contribution in [0.3, 0.4) is 0 Å². The summed E-state index contributed by atoms with van der Waals surface area (Å²) in [6, 6.07) is 60.8. The van der Waals surface area contributed by atoms with Crippen LogP contribution in [-0.2, 0) is 10.8 Å². The zero-order chi connectivity index (χ0) is 37.5. The van der Waals surface area contributed by atoms with E-state index in [9.17, 15) is 0 Å². The fraction of sp³-hybridized carbons (Fsp3) is 0.111. The topological polar surface area (TPSA) is 16.4 Å². The highest BCUT2D eigenvalue weighted by Crippen LogP contribution is 2.57. The smallest absolute Gasteiger partial charge is 0.136 e. The number of nitrogens with zero attached hydrogens (tertiary/aromatic N) is 1. The van der Waals surface area contributed by atoms with Crippen molar-refractivity contribution in [1.29, 1.82) is 0 Å². The average molecular weight is 718 g/mol. The van der Waals surface area contributed by atoms with Crippen LogP contribution in [0.5, 0.6) is 0 Å². The molecule has 0 unspecified atom stereocenters. The van der Waals surface area contributed by atoms with Crippen LogP contribution in [-0.4, -0.2) is 0 Å². The molecule has 0 amide bonds. The Hall–Kier alpha value is -6.64. The number of hydrogen-bond donors (Lipinski definition) is 0. The van der Waals surface area contributed by atoms with E-state index < -0.39 is 0 Å². The van der Waals surface area contributed by atoms with Crippen LogP contribution < -0.4 is 4.90 Å². The summed E-state index contributed by atoms with van der Waals surface area (Å²) < 4.78 is 6.73. The van der Waals surface area contributed by atoms with Gasteiger partial charge in [0.15, 0.2) is 0 Å². The highest BCUT2D eigenvalue weighted by Gasteiger charge is 2.39. The Balaban J connectivity index is 1.21.